The van der Waals surface area contributed by atoms with E-state index in [1.54, 1.807) is 6.07 Å². The molecule has 0 aliphatic rings. The van der Waals surface area contributed by atoms with Crippen molar-refractivity contribution in [1.82, 2.24) is 0 Å². The number of hydrogen-bond acceptors (Lipinski definition) is 2. The molecule has 0 unspecified atom stereocenters. The normalized spacial score (nSPS) is 11.4. The molecule has 0 aliphatic heterocycles. The number of hydrogen-bond donors (Lipinski definition) is 0. The van der Waals surface area contributed by atoms with Gasteiger partial charge in [0.05, 0.1) is 10.0 Å². The van der Waals surface area contributed by atoms with Crippen LogP contribution in [0.3, 0.4) is 0 Å². The van der Waals surface area contributed by atoms with E-state index in [1.165, 1.54) is 6.07 Å². The molecule has 0 bridgehead atoms. The van der Waals surface area contributed by atoms with Gasteiger partial charge in [-0.15, -0.1) is 0 Å². The Morgan fingerprint density at radius 3 is 2.00 bits per heavy atom. The van der Waals surface area contributed by atoms with Crippen LogP contribution in [0.15, 0.2) is 12.1 Å². The Balaban J connectivity index is 3.08. The van der Waals surface area contributed by atoms with Gasteiger partial charge in [0.2, 0.25) is 0 Å². The van der Waals surface area contributed by atoms with Crippen molar-refractivity contribution in [3.05, 3.63) is 28.0 Å². The predicted octanol–water partition coefficient (Wildman–Crippen LogP) is 3.68. The maximum atomic E-state index is 13.7. The molecule has 0 aliphatic carbocycles. The molecule has 0 saturated heterocycles. The number of rotatable bonds is 5. The first kappa shape index (κ1) is 15.8. The van der Waals surface area contributed by atoms with Gasteiger partial charge >= 0.3 is 7.12 Å². The first-order chi connectivity index (χ1) is 8.32. The van der Waals surface area contributed by atoms with Gasteiger partial charge in [-0.1, -0.05) is 29.3 Å². The van der Waals surface area contributed by atoms with Crippen LogP contribution in [0.25, 0.3) is 0 Å². The molecule has 0 fully saturated rings. The third-order valence-corrected chi connectivity index (χ3v) is 2.79. The minimum Gasteiger partial charge on any atom is -0.405 e. The second-order valence-corrected chi connectivity index (χ2v) is 5.25. The van der Waals surface area contributed by atoms with E-state index in [-0.39, 0.29) is 22.3 Å². The summed E-state index contributed by atoms with van der Waals surface area (Å²) in [7, 11) is -0.704. The van der Waals surface area contributed by atoms with Crippen LogP contribution in [0.4, 0.5) is 4.39 Å². The molecule has 0 aromatic heterocycles. The number of benzene rings is 1. The zero-order valence-corrected chi connectivity index (χ0v) is 12.3. The first-order valence-electron chi connectivity index (χ1n) is 5.77. The van der Waals surface area contributed by atoms with Gasteiger partial charge in [-0.3, -0.25) is 0 Å². The van der Waals surface area contributed by atoms with Crippen LogP contribution >= 0.6 is 23.2 Å². The van der Waals surface area contributed by atoms with Crippen molar-refractivity contribution >= 4 is 35.8 Å². The van der Waals surface area contributed by atoms with E-state index in [0.29, 0.717) is 5.46 Å². The Hall–Kier alpha value is -0.285. The molecule has 0 radical (unpaired) electrons. The van der Waals surface area contributed by atoms with E-state index in [9.17, 15) is 4.39 Å². The highest BCUT2D eigenvalue weighted by molar-refractivity contribution is 6.65. The maximum Gasteiger partial charge on any atom is 0.495 e. The van der Waals surface area contributed by atoms with Crippen molar-refractivity contribution in [3.63, 3.8) is 0 Å². The van der Waals surface area contributed by atoms with E-state index in [2.05, 4.69) is 0 Å². The second-order valence-electron chi connectivity index (χ2n) is 4.47. The molecule has 1 rings (SSSR count). The Morgan fingerprint density at radius 1 is 1.06 bits per heavy atom. The fraction of sp³-hybridized carbons (Fsp3) is 0.500. The third kappa shape index (κ3) is 4.13. The van der Waals surface area contributed by atoms with Crippen molar-refractivity contribution in [2.75, 3.05) is 0 Å². The Bertz CT molecular complexity index is 403. The van der Waals surface area contributed by atoms with Crippen molar-refractivity contribution in [2.45, 2.75) is 39.9 Å². The minimum absolute atomic E-state index is 0.0170. The average molecular weight is 293 g/mol. The lowest BCUT2D eigenvalue weighted by atomic mass is 9.78. The fourth-order valence-corrected chi connectivity index (χ4v) is 1.86. The minimum atomic E-state index is -0.704. The summed E-state index contributed by atoms with van der Waals surface area (Å²) in [5, 5.41) is -0.0783. The van der Waals surface area contributed by atoms with Crippen molar-refractivity contribution in [1.29, 1.82) is 0 Å². The lowest BCUT2D eigenvalue weighted by Crippen LogP contribution is -2.41. The summed E-state index contributed by atoms with van der Waals surface area (Å²) in [6.45, 7) is 7.49. The molecule has 2 nitrogen and oxygen atoms in total. The van der Waals surface area contributed by atoms with Crippen LogP contribution in [-0.2, 0) is 9.31 Å². The fourth-order valence-electron chi connectivity index (χ4n) is 1.40. The van der Waals surface area contributed by atoms with Gasteiger partial charge < -0.3 is 9.31 Å². The molecule has 6 heteroatoms. The summed E-state index contributed by atoms with van der Waals surface area (Å²) in [4.78, 5) is 0. The van der Waals surface area contributed by atoms with Crippen LogP contribution < -0.4 is 5.46 Å². The van der Waals surface area contributed by atoms with E-state index in [0.717, 1.165) is 0 Å². The van der Waals surface area contributed by atoms with Gasteiger partial charge in [0.1, 0.15) is 0 Å². The zero-order chi connectivity index (χ0) is 13.9. The summed E-state index contributed by atoms with van der Waals surface area (Å²) in [5.74, 6) is -0.652. The van der Waals surface area contributed by atoms with E-state index in [1.807, 2.05) is 27.7 Å². The van der Waals surface area contributed by atoms with Crippen molar-refractivity contribution in [2.24, 2.45) is 0 Å². The topological polar surface area (TPSA) is 18.5 Å². The standard InChI is InChI=1S/C12H16BCl2FO2/c1-7(2)17-13(18-8(3)4)9-5-6-10(14)12(16)11(9)15/h5-8H,1-4H3. The van der Waals surface area contributed by atoms with E-state index >= 15 is 0 Å². The highest BCUT2D eigenvalue weighted by Crippen LogP contribution is 2.21. The lowest BCUT2D eigenvalue weighted by molar-refractivity contribution is 0.139. The molecule has 0 heterocycles. The van der Waals surface area contributed by atoms with E-state index < -0.39 is 12.9 Å². The monoisotopic (exact) mass is 292 g/mol. The quantitative estimate of drug-likeness (QED) is 0.609. The van der Waals surface area contributed by atoms with Gasteiger partial charge in [0.15, 0.2) is 5.82 Å². The molecule has 0 saturated carbocycles. The molecule has 1 aromatic rings. The molecule has 0 spiro atoms. The maximum absolute atomic E-state index is 13.7. The Labute approximate surface area is 118 Å². The third-order valence-electron chi connectivity index (χ3n) is 2.11. The summed E-state index contributed by atoms with van der Waals surface area (Å²) >= 11 is 11.6. The van der Waals surface area contributed by atoms with Gasteiger partial charge in [0, 0.05) is 17.7 Å². The van der Waals surface area contributed by atoms with Gasteiger partial charge in [-0.2, -0.15) is 0 Å². The largest absolute Gasteiger partial charge is 0.495 e. The molecular weight excluding hydrogens is 277 g/mol. The van der Waals surface area contributed by atoms with Crippen molar-refractivity contribution in [3.8, 4) is 0 Å². The molecule has 1 aromatic carbocycles. The SMILES string of the molecule is CC(C)OB(OC(C)C)c1ccc(Cl)c(F)c1Cl. The van der Waals surface area contributed by atoms with Crippen LogP contribution in [0.5, 0.6) is 0 Å². The summed E-state index contributed by atoms with van der Waals surface area (Å²) in [6, 6.07) is 3.06. The molecular formula is C12H16BCl2FO2. The first-order valence-corrected chi connectivity index (χ1v) is 6.52. The second kappa shape index (κ2) is 6.76. The van der Waals surface area contributed by atoms with Gasteiger partial charge in [-0.05, 0) is 33.8 Å². The Morgan fingerprint density at radius 2 is 1.56 bits per heavy atom. The van der Waals surface area contributed by atoms with Crippen LogP contribution in [0.2, 0.25) is 10.0 Å². The molecule has 100 valence electrons. The van der Waals surface area contributed by atoms with Crippen LogP contribution in [-0.4, -0.2) is 19.3 Å². The summed E-state index contributed by atoms with van der Waals surface area (Å²) in [5.41, 5.74) is 0.445. The Kier molecular flexibility index (Phi) is 5.92. The average Bonchev–Trinajstić information content (AvgIpc) is 2.24. The molecule has 0 N–H and O–H groups in total. The van der Waals surface area contributed by atoms with E-state index in [4.69, 9.17) is 32.5 Å². The molecule has 0 amide bonds. The van der Waals surface area contributed by atoms with Crippen molar-refractivity contribution < 1.29 is 13.7 Å². The van der Waals surface area contributed by atoms with Crippen LogP contribution in [0, 0.1) is 5.82 Å². The number of halogens is 3. The highest BCUT2D eigenvalue weighted by Gasteiger charge is 2.28. The highest BCUT2D eigenvalue weighted by atomic mass is 35.5. The smallest absolute Gasteiger partial charge is 0.405 e. The summed E-state index contributed by atoms with van der Waals surface area (Å²) < 4.78 is 24.9. The predicted molar refractivity (Wildman–Crippen MR) is 74.3 cm³/mol. The zero-order valence-electron chi connectivity index (χ0n) is 10.8. The van der Waals surface area contributed by atoms with Gasteiger partial charge in [-0.25, -0.2) is 4.39 Å². The van der Waals surface area contributed by atoms with Crippen LogP contribution in [0.1, 0.15) is 27.7 Å². The molecule has 0 atom stereocenters. The summed E-state index contributed by atoms with van der Waals surface area (Å²) in [6.07, 6.45) is -0.132. The lowest BCUT2D eigenvalue weighted by Gasteiger charge is -2.20. The van der Waals surface area contributed by atoms with Gasteiger partial charge in [0.25, 0.3) is 0 Å². The molecule has 18 heavy (non-hydrogen) atoms.